The molecule has 3 rings (SSSR count). The Morgan fingerprint density at radius 1 is 1.21 bits per heavy atom. The van der Waals surface area contributed by atoms with Crippen LogP contribution in [0.3, 0.4) is 0 Å². The van der Waals surface area contributed by atoms with Crippen molar-refractivity contribution >= 4 is 29.5 Å². The molecule has 1 aromatic rings. The van der Waals surface area contributed by atoms with Crippen LogP contribution in [0.4, 0.5) is 0 Å². The standard InChI is InChI=1S/C27H35NO5S/c1-7-34-13-12-33-27(31)22-17(5)28-20-14-16(4)21(26(30)32-6)25(29)24(20)23(22)19-10-8-18(9-11-19)15(2)3/h8-11,15-16,21,23,28H,7,12-14H2,1-6H3/t16-,21+,23+/m0/s1. The molecule has 1 aliphatic carbocycles. The number of allylic oxidation sites excluding steroid dienone is 3. The van der Waals surface area contributed by atoms with Gasteiger partial charge in [-0.05, 0) is 42.1 Å². The van der Waals surface area contributed by atoms with Gasteiger partial charge in [-0.2, -0.15) is 11.8 Å². The van der Waals surface area contributed by atoms with Gasteiger partial charge in [0.05, 0.1) is 12.7 Å². The zero-order valence-corrected chi connectivity index (χ0v) is 21.7. The smallest absolute Gasteiger partial charge is 0.336 e. The molecule has 2 aliphatic rings. The molecule has 7 heteroatoms. The average Bonchev–Trinajstić information content (AvgIpc) is 2.80. The number of thioether (sulfide) groups is 1. The van der Waals surface area contributed by atoms with Gasteiger partial charge < -0.3 is 14.8 Å². The van der Waals surface area contributed by atoms with E-state index in [1.165, 1.54) is 12.7 Å². The minimum Gasteiger partial charge on any atom is -0.468 e. The van der Waals surface area contributed by atoms with Crippen LogP contribution in [0, 0.1) is 11.8 Å². The summed E-state index contributed by atoms with van der Waals surface area (Å²) in [4.78, 5) is 39.5. The third kappa shape index (κ3) is 5.24. The molecule has 0 unspecified atom stereocenters. The molecule has 34 heavy (non-hydrogen) atoms. The lowest BCUT2D eigenvalue weighted by atomic mass is 9.69. The summed E-state index contributed by atoms with van der Waals surface area (Å²) >= 11 is 1.70. The number of ketones is 1. The fourth-order valence-corrected chi connectivity index (χ4v) is 5.26. The van der Waals surface area contributed by atoms with Gasteiger partial charge >= 0.3 is 11.9 Å². The van der Waals surface area contributed by atoms with Gasteiger partial charge in [0.25, 0.3) is 0 Å². The molecule has 1 aliphatic heterocycles. The molecule has 6 nitrogen and oxygen atoms in total. The second kappa shape index (κ2) is 11.3. The predicted molar refractivity (Wildman–Crippen MR) is 134 cm³/mol. The van der Waals surface area contributed by atoms with Crippen LogP contribution in [0.5, 0.6) is 0 Å². The molecule has 0 saturated heterocycles. The molecule has 0 spiro atoms. The zero-order valence-electron chi connectivity index (χ0n) is 20.9. The molecule has 1 N–H and O–H groups in total. The highest BCUT2D eigenvalue weighted by Gasteiger charge is 2.47. The Morgan fingerprint density at radius 3 is 2.47 bits per heavy atom. The van der Waals surface area contributed by atoms with Crippen LogP contribution in [0.15, 0.2) is 46.8 Å². The van der Waals surface area contributed by atoms with E-state index in [1.807, 2.05) is 38.1 Å². The molecule has 0 amide bonds. The number of carbonyl (C=O) groups excluding carboxylic acids is 3. The maximum absolute atomic E-state index is 13.7. The monoisotopic (exact) mass is 485 g/mol. The van der Waals surface area contributed by atoms with E-state index < -0.39 is 23.8 Å². The third-order valence-electron chi connectivity index (χ3n) is 6.56. The summed E-state index contributed by atoms with van der Waals surface area (Å²) < 4.78 is 10.6. The Kier molecular flexibility index (Phi) is 8.63. The molecule has 0 fully saturated rings. The van der Waals surface area contributed by atoms with Gasteiger partial charge in [0.1, 0.15) is 12.5 Å². The molecule has 1 aromatic carbocycles. The van der Waals surface area contributed by atoms with Gasteiger partial charge in [0.15, 0.2) is 5.78 Å². The highest BCUT2D eigenvalue weighted by Crippen LogP contribution is 2.45. The molecule has 0 bridgehead atoms. The highest BCUT2D eigenvalue weighted by molar-refractivity contribution is 7.99. The lowest BCUT2D eigenvalue weighted by Crippen LogP contribution is -2.43. The van der Waals surface area contributed by atoms with Crippen molar-refractivity contribution in [2.24, 2.45) is 11.8 Å². The fourth-order valence-electron chi connectivity index (χ4n) is 4.77. The van der Waals surface area contributed by atoms with E-state index in [2.05, 4.69) is 26.1 Å². The summed E-state index contributed by atoms with van der Waals surface area (Å²) in [7, 11) is 1.30. The SMILES string of the molecule is CCSCCOC(=O)C1=C(C)NC2=C(C(=O)[C@H](C(=O)OC)[C@@H](C)C2)[C@@H]1c1ccc(C(C)C)cc1. The molecule has 3 atom stereocenters. The second-order valence-electron chi connectivity index (χ2n) is 9.19. The van der Waals surface area contributed by atoms with Gasteiger partial charge in [-0.15, -0.1) is 0 Å². The number of carbonyl (C=O) groups is 3. The Morgan fingerprint density at radius 2 is 1.88 bits per heavy atom. The van der Waals surface area contributed by atoms with E-state index in [4.69, 9.17) is 9.47 Å². The van der Waals surface area contributed by atoms with E-state index in [9.17, 15) is 14.4 Å². The van der Waals surface area contributed by atoms with E-state index >= 15 is 0 Å². The van der Waals surface area contributed by atoms with Crippen molar-refractivity contribution in [3.63, 3.8) is 0 Å². The quantitative estimate of drug-likeness (QED) is 0.324. The fraction of sp³-hybridized carbons (Fsp3) is 0.519. The summed E-state index contributed by atoms with van der Waals surface area (Å²) in [6.45, 7) is 10.3. The minimum absolute atomic E-state index is 0.206. The summed E-state index contributed by atoms with van der Waals surface area (Å²) in [6, 6.07) is 8.02. The van der Waals surface area contributed by atoms with Crippen LogP contribution >= 0.6 is 11.8 Å². The molecule has 0 saturated carbocycles. The first-order valence-electron chi connectivity index (χ1n) is 11.9. The number of rotatable bonds is 8. The van der Waals surface area contributed by atoms with E-state index in [0.717, 1.165) is 17.0 Å². The third-order valence-corrected chi connectivity index (χ3v) is 7.43. The Labute approximate surface area is 206 Å². The molecule has 0 aromatic heterocycles. The van der Waals surface area contributed by atoms with Gasteiger partial charge in [0.2, 0.25) is 0 Å². The molecule has 0 radical (unpaired) electrons. The van der Waals surface area contributed by atoms with Crippen molar-refractivity contribution < 1.29 is 23.9 Å². The number of dihydropyridines is 1. The predicted octanol–water partition coefficient (Wildman–Crippen LogP) is 4.72. The lowest BCUT2D eigenvalue weighted by Gasteiger charge is -2.38. The molecule has 1 heterocycles. The second-order valence-corrected chi connectivity index (χ2v) is 10.6. The van der Waals surface area contributed by atoms with Crippen molar-refractivity contribution in [3.05, 3.63) is 57.9 Å². The maximum Gasteiger partial charge on any atom is 0.336 e. The first-order valence-corrected chi connectivity index (χ1v) is 13.0. The van der Waals surface area contributed by atoms with Crippen LogP contribution in [-0.4, -0.2) is 42.9 Å². The Balaban J connectivity index is 2.08. The lowest BCUT2D eigenvalue weighted by molar-refractivity contribution is -0.151. The molecular formula is C27H35NO5S. The Bertz CT molecular complexity index is 1010. The minimum atomic E-state index is -0.889. The van der Waals surface area contributed by atoms with Crippen LogP contribution in [0.2, 0.25) is 0 Å². The number of ether oxygens (including phenoxy) is 2. The van der Waals surface area contributed by atoms with Crippen LogP contribution in [0.1, 0.15) is 64.0 Å². The van der Waals surface area contributed by atoms with Crippen LogP contribution in [-0.2, 0) is 23.9 Å². The van der Waals surface area contributed by atoms with Gasteiger partial charge in [-0.1, -0.05) is 52.0 Å². The number of nitrogens with one attached hydrogen (secondary N) is 1. The molecule has 184 valence electrons. The highest BCUT2D eigenvalue weighted by atomic mass is 32.2. The van der Waals surface area contributed by atoms with E-state index in [1.54, 1.807) is 11.8 Å². The first-order chi connectivity index (χ1) is 16.2. The van der Waals surface area contributed by atoms with Crippen molar-refractivity contribution in [3.8, 4) is 0 Å². The first kappa shape index (κ1) is 26.1. The van der Waals surface area contributed by atoms with Gasteiger partial charge in [-0.3, -0.25) is 9.59 Å². The summed E-state index contributed by atoms with van der Waals surface area (Å²) in [6.07, 6.45) is 0.522. The summed E-state index contributed by atoms with van der Waals surface area (Å²) in [5.41, 5.74) is 4.34. The number of Topliss-reactive ketones (excluding diaryl/α,β-unsaturated/α-hetero) is 1. The normalized spacial score (nSPS) is 22.4. The Hall–Kier alpha value is -2.54. The van der Waals surface area contributed by atoms with Crippen molar-refractivity contribution in [2.45, 2.75) is 52.9 Å². The van der Waals surface area contributed by atoms with Crippen molar-refractivity contribution in [1.29, 1.82) is 0 Å². The van der Waals surface area contributed by atoms with Crippen molar-refractivity contribution in [2.75, 3.05) is 25.2 Å². The number of methoxy groups -OCH3 is 1. The average molecular weight is 486 g/mol. The number of hydrogen-bond donors (Lipinski definition) is 1. The van der Waals surface area contributed by atoms with Crippen LogP contribution < -0.4 is 5.32 Å². The van der Waals surface area contributed by atoms with E-state index in [0.29, 0.717) is 41.5 Å². The van der Waals surface area contributed by atoms with Crippen LogP contribution in [0.25, 0.3) is 0 Å². The summed E-state index contributed by atoms with van der Waals surface area (Å²) in [5.74, 6) is -0.940. The van der Waals surface area contributed by atoms with Gasteiger partial charge in [-0.25, -0.2) is 4.79 Å². The van der Waals surface area contributed by atoms with Crippen molar-refractivity contribution in [1.82, 2.24) is 5.32 Å². The number of benzene rings is 1. The molecular weight excluding hydrogens is 450 g/mol. The number of esters is 2. The topological polar surface area (TPSA) is 81.7 Å². The summed E-state index contributed by atoms with van der Waals surface area (Å²) in [5, 5.41) is 3.30. The zero-order chi connectivity index (χ0) is 25.0. The van der Waals surface area contributed by atoms with E-state index in [-0.39, 0.29) is 11.7 Å². The largest absolute Gasteiger partial charge is 0.468 e. The maximum atomic E-state index is 13.7. The number of hydrogen-bond acceptors (Lipinski definition) is 7. The van der Waals surface area contributed by atoms with Gasteiger partial charge in [0, 0.05) is 28.6 Å².